The van der Waals surface area contributed by atoms with E-state index in [-0.39, 0.29) is 11.8 Å². The second-order valence-corrected chi connectivity index (χ2v) is 5.84. The fourth-order valence-corrected chi connectivity index (χ4v) is 2.65. The summed E-state index contributed by atoms with van der Waals surface area (Å²) in [5.74, 6) is 1.32. The van der Waals surface area contributed by atoms with E-state index in [1.807, 2.05) is 57.2 Å². The highest BCUT2D eigenvalue weighted by molar-refractivity contribution is 5.83. The zero-order chi connectivity index (χ0) is 18.1. The standard InChI is InChI=1S/C19H27N5O/c1-4-16(15-9-7-6-8-10-15)18(25)22-12-11-21-17-13-14(3)23-19(24-17)20-5-2/h6-10,13,16H,4-5,11-12H2,1-3H3,(H,22,25)(H2,20,21,23,24). The number of hydrogen-bond donors (Lipinski definition) is 3. The molecule has 0 fully saturated rings. The van der Waals surface area contributed by atoms with Gasteiger partial charge in [-0.15, -0.1) is 0 Å². The summed E-state index contributed by atoms with van der Waals surface area (Å²) >= 11 is 0. The van der Waals surface area contributed by atoms with Gasteiger partial charge in [0.2, 0.25) is 11.9 Å². The number of aryl methyl sites for hydroxylation is 1. The van der Waals surface area contributed by atoms with Crippen LogP contribution < -0.4 is 16.0 Å². The topological polar surface area (TPSA) is 78.9 Å². The van der Waals surface area contributed by atoms with E-state index < -0.39 is 0 Å². The van der Waals surface area contributed by atoms with Crippen LogP contribution in [-0.4, -0.2) is 35.5 Å². The summed E-state index contributed by atoms with van der Waals surface area (Å²) in [5, 5.41) is 9.33. The van der Waals surface area contributed by atoms with Crippen molar-refractivity contribution in [1.82, 2.24) is 15.3 Å². The normalized spacial score (nSPS) is 11.6. The van der Waals surface area contributed by atoms with Gasteiger partial charge in [-0.05, 0) is 25.8 Å². The highest BCUT2D eigenvalue weighted by atomic mass is 16.1. The Morgan fingerprint density at radius 2 is 1.84 bits per heavy atom. The molecular weight excluding hydrogens is 314 g/mol. The summed E-state index contributed by atoms with van der Waals surface area (Å²) in [6, 6.07) is 11.8. The fraction of sp³-hybridized carbons (Fsp3) is 0.421. The summed E-state index contributed by atoms with van der Waals surface area (Å²) in [6.45, 7) is 7.89. The molecule has 6 heteroatoms. The van der Waals surface area contributed by atoms with E-state index in [1.54, 1.807) is 0 Å². The molecule has 1 aromatic carbocycles. The molecule has 134 valence electrons. The Bertz CT molecular complexity index is 675. The molecule has 0 aliphatic heterocycles. The van der Waals surface area contributed by atoms with Crippen molar-refractivity contribution in [3.05, 3.63) is 47.7 Å². The van der Waals surface area contributed by atoms with Gasteiger partial charge >= 0.3 is 0 Å². The maximum absolute atomic E-state index is 12.4. The van der Waals surface area contributed by atoms with Gasteiger partial charge < -0.3 is 16.0 Å². The second kappa shape index (κ2) is 9.61. The van der Waals surface area contributed by atoms with Crippen LogP contribution in [0.2, 0.25) is 0 Å². The Labute approximate surface area is 149 Å². The van der Waals surface area contributed by atoms with Crippen molar-refractivity contribution in [2.75, 3.05) is 30.3 Å². The highest BCUT2D eigenvalue weighted by Gasteiger charge is 2.17. The fourth-order valence-electron chi connectivity index (χ4n) is 2.65. The monoisotopic (exact) mass is 341 g/mol. The third kappa shape index (κ3) is 5.74. The third-order valence-electron chi connectivity index (χ3n) is 3.85. The van der Waals surface area contributed by atoms with Crippen LogP contribution in [0.25, 0.3) is 0 Å². The van der Waals surface area contributed by atoms with Crippen LogP contribution in [0.5, 0.6) is 0 Å². The molecule has 0 saturated heterocycles. The zero-order valence-electron chi connectivity index (χ0n) is 15.2. The summed E-state index contributed by atoms with van der Waals surface area (Å²) in [4.78, 5) is 21.1. The maximum atomic E-state index is 12.4. The molecule has 0 aliphatic carbocycles. The molecule has 6 nitrogen and oxygen atoms in total. The average Bonchev–Trinajstić information content (AvgIpc) is 2.60. The minimum absolute atomic E-state index is 0.0581. The van der Waals surface area contributed by atoms with E-state index in [4.69, 9.17) is 0 Å². The molecule has 0 bridgehead atoms. The smallest absolute Gasteiger partial charge is 0.227 e. The van der Waals surface area contributed by atoms with Gasteiger partial charge in [-0.3, -0.25) is 4.79 Å². The molecule has 2 aromatic rings. The number of nitrogens with one attached hydrogen (secondary N) is 3. The first-order valence-corrected chi connectivity index (χ1v) is 8.80. The molecule has 3 N–H and O–H groups in total. The first-order valence-electron chi connectivity index (χ1n) is 8.80. The van der Waals surface area contributed by atoms with Gasteiger partial charge in [-0.1, -0.05) is 37.3 Å². The predicted molar refractivity (Wildman–Crippen MR) is 102 cm³/mol. The Balaban J connectivity index is 1.83. The van der Waals surface area contributed by atoms with E-state index in [9.17, 15) is 4.79 Å². The molecule has 0 radical (unpaired) electrons. The number of rotatable bonds is 9. The van der Waals surface area contributed by atoms with Crippen molar-refractivity contribution >= 4 is 17.7 Å². The summed E-state index contributed by atoms with van der Waals surface area (Å²) in [6.07, 6.45) is 0.778. The van der Waals surface area contributed by atoms with Crippen LogP contribution >= 0.6 is 0 Å². The number of carbonyl (C=O) groups excluding carboxylic acids is 1. The van der Waals surface area contributed by atoms with Gasteiger partial charge in [-0.2, -0.15) is 4.98 Å². The van der Waals surface area contributed by atoms with Crippen LogP contribution in [0.3, 0.4) is 0 Å². The van der Waals surface area contributed by atoms with Crippen molar-refractivity contribution in [3.63, 3.8) is 0 Å². The molecule has 2 rings (SSSR count). The average molecular weight is 341 g/mol. The van der Waals surface area contributed by atoms with Gasteiger partial charge in [0.25, 0.3) is 0 Å². The summed E-state index contributed by atoms with van der Waals surface area (Å²) in [5.41, 5.74) is 1.95. The van der Waals surface area contributed by atoms with Gasteiger partial charge in [0.1, 0.15) is 5.82 Å². The molecule has 1 unspecified atom stereocenters. The van der Waals surface area contributed by atoms with Gasteiger partial charge in [-0.25, -0.2) is 4.98 Å². The molecule has 0 spiro atoms. The number of anilines is 2. The van der Waals surface area contributed by atoms with Gasteiger partial charge in [0, 0.05) is 31.4 Å². The van der Waals surface area contributed by atoms with E-state index >= 15 is 0 Å². The number of benzene rings is 1. The molecule has 1 atom stereocenters. The first kappa shape index (κ1) is 18.7. The van der Waals surface area contributed by atoms with Crippen LogP contribution in [0.1, 0.15) is 37.4 Å². The van der Waals surface area contributed by atoms with Crippen molar-refractivity contribution < 1.29 is 4.79 Å². The van der Waals surface area contributed by atoms with E-state index in [0.717, 1.165) is 30.0 Å². The first-order chi connectivity index (χ1) is 12.1. The van der Waals surface area contributed by atoms with Crippen molar-refractivity contribution in [2.24, 2.45) is 0 Å². The molecule has 1 aromatic heterocycles. The van der Waals surface area contributed by atoms with Crippen LogP contribution in [0, 0.1) is 6.92 Å². The highest BCUT2D eigenvalue weighted by Crippen LogP contribution is 2.19. The summed E-state index contributed by atoms with van der Waals surface area (Å²) < 4.78 is 0. The molecule has 1 heterocycles. The van der Waals surface area contributed by atoms with E-state index in [1.165, 1.54) is 0 Å². The Kier molecular flexibility index (Phi) is 7.19. The Hall–Kier alpha value is -2.63. The second-order valence-electron chi connectivity index (χ2n) is 5.84. The number of amides is 1. The van der Waals surface area contributed by atoms with Crippen LogP contribution in [-0.2, 0) is 4.79 Å². The van der Waals surface area contributed by atoms with Gasteiger partial charge in [0.15, 0.2) is 0 Å². The summed E-state index contributed by atoms with van der Waals surface area (Å²) in [7, 11) is 0. The number of aromatic nitrogens is 2. The molecule has 1 amide bonds. The lowest BCUT2D eigenvalue weighted by atomic mass is 9.96. The van der Waals surface area contributed by atoms with E-state index in [2.05, 4.69) is 25.9 Å². The number of carbonyl (C=O) groups is 1. The van der Waals surface area contributed by atoms with Crippen molar-refractivity contribution in [2.45, 2.75) is 33.1 Å². The molecule has 25 heavy (non-hydrogen) atoms. The number of hydrogen-bond acceptors (Lipinski definition) is 5. The minimum Gasteiger partial charge on any atom is -0.368 e. The quantitative estimate of drug-likeness (QED) is 0.611. The lowest BCUT2D eigenvalue weighted by molar-refractivity contribution is -0.122. The molecule has 0 saturated carbocycles. The predicted octanol–water partition coefficient (Wildman–Crippen LogP) is 2.94. The SMILES string of the molecule is CCNc1nc(C)cc(NCCNC(=O)C(CC)c2ccccc2)n1. The van der Waals surface area contributed by atoms with E-state index in [0.29, 0.717) is 19.0 Å². The lowest BCUT2D eigenvalue weighted by Crippen LogP contribution is -2.33. The maximum Gasteiger partial charge on any atom is 0.227 e. The van der Waals surface area contributed by atoms with Crippen molar-refractivity contribution in [3.8, 4) is 0 Å². The molecule has 0 aliphatic rings. The number of nitrogens with zero attached hydrogens (tertiary/aromatic N) is 2. The zero-order valence-corrected chi connectivity index (χ0v) is 15.2. The van der Waals surface area contributed by atoms with Gasteiger partial charge in [0.05, 0.1) is 5.92 Å². The third-order valence-corrected chi connectivity index (χ3v) is 3.85. The largest absolute Gasteiger partial charge is 0.368 e. The van der Waals surface area contributed by atoms with Crippen LogP contribution in [0.15, 0.2) is 36.4 Å². The van der Waals surface area contributed by atoms with Crippen molar-refractivity contribution in [1.29, 1.82) is 0 Å². The molecular formula is C19H27N5O. The minimum atomic E-state index is -0.108. The van der Waals surface area contributed by atoms with Crippen LogP contribution in [0.4, 0.5) is 11.8 Å². The Morgan fingerprint density at radius 1 is 1.08 bits per heavy atom. The Morgan fingerprint density at radius 3 is 2.52 bits per heavy atom. The lowest BCUT2D eigenvalue weighted by Gasteiger charge is -2.16.